The van der Waals surface area contributed by atoms with Crippen LogP contribution in [-0.2, 0) is 30.6 Å². The molecular weight excluding hydrogens is 642 g/mol. The fourth-order valence-corrected chi connectivity index (χ4v) is 6.95. The van der Waals surface area contributed by atoms with Crippen molar-refractivity contribution in [1.29, 1.82) is 0 Å². The van der Waals surface area contributed by atoms with E-state index in [1.165, 1.54) is 36.5 Å². The SMILES string of the molecule is CCOC(=O)/C=C/c1cccc(C2NC(=O)CCCS(=O)(=O)CCc3c(c(F)cc4[nH]ccc34)Oc3ccc(F)c(c3)-c3ncc2[nH]3)c1. The third-order valence-corrected chi connectivity index (χ3v) is 9.69. The van der Waals surface area contributed by atoms with Gasteiger partial charge in [0.25, 0.3) is 0 Å². The van der Waals surface area contributed by atoms with Crippen LogP contribution < -0.4 is 10.1 Å². The number of aromatic nitrogens is 3. The first-order valence-corrected chi connectivity index (χ1v) is 17.2. The van der Waals surface area contributed by atoms with Gasteiger partial charge in [0.05, 0.1) is 41.6 Å². The molecule has 0 fully saturated rings. The van der Waals surface area contributed by atoms with Crippen molar-refractivity contribution in [2.45, 2.75) is 32.2 Å². The van der Waals surface area contributed by atoms with Gasteiger partial charge in [-0.05, 0) is 67.3 Å². The lowest BCUT2D eigenvalue weighted by atomic mass is 10.0. The summed E-state index contributed by atoms with van der Waals surface area (Å²) in [6.07, 6.45) is 5.88. The molecule has 10 nitrogen and oxygen atoms in total. The predicted molar refractivity (Wildman–Crippen MR) is 176 cm³/mol. The lowest BCUT2D eigenvalue weighted by molar-refractivity contribution is -0.137. The van der Waals surface area contributed by atoms with E-state index in [-0.39, 0.29) is 60.3 Å². The summed E-state index contributed by atoms with van der Waals surface area (Å²) in [5.41, 5.74) is 2.54. The zero-order valence-corrected chi connectivity index (χ0v) is 26.7. The summed E-state index contributed by atoms with van der Waals surface area (Å²) >= 11 is 0. The minimum absolute atomic E-state index is 0.0309. The number of sulfone groups is 1. The number of benzene rings is 3. The minimum Gasteiger partial charge on any atom is -0.463 e. The molecule has 1 aliphatic heterocycles. The maximum Gasteiger partial charge on any atom is 0.330 e. The summed E-state index contributed by atoms with van der Waals surface area (Å²) in [6.45, 7) is 1.94. The number of nitrogens with one attached hydrogen (secondary N) is 3. The number of carbonyl (C=O) groups excluding carboxylic acids is 2. The molecule has 4 bridgehead atoms. The molecular formula is C35H32F2N4O6S. The number of nitrogens with zero attached hydrogens (tertiary/aromatic N) is 1. The van der Waals surface area contributed by atoms with Gasteiger partial charge in [0.15, 0.2) is 21.4 Å². The Hall–Kier alpha value is -5.30. The summed E-state index contributed by atoms with van der Waals surface area (Å²) in [4.78, 5) is 35.5. The number of carbonyl (C=O) groups is 2. The van der Waals surface area contributed by atoms with Crippen LogP contribution in [-0.4, -0.2) is 53.4 Å². The van der Waals surface area contributed by atoms with Gasteiger partial charge in [-0.3, -0.25) is 4.79 Å². The molecule has 248 valence electrons. The number of aryl methyl sites for hydroxylation is 1. The zero-order chi connectivity index (χ0) is 33.8. The van der Waals surface area contributed by atoms with Gasteiger partial charge in [-0.2, -0.15) is 0 Å². The molecule has 0 saturated heterocycles. The van der Waals surface area contributed by atoms with Crippen LogP contribution in [0.15, 0.2) is 73.1 Å². The highest BCUT2D eigenvalue weighted by Gasteiger charge is 2.24. The van der Waals surface area contributed by atoms with E-state index in [9.17, 15) is 18.0 Å². The molecule has 3 N–H and O–H groups in total. The first-order valence-electron chi connectivity index (χ1n) is 15.4. The Morgan fingerprint density at radius 3 is 2.77 bits per heavy atom. The van der Waals surface area contributed by atoms with Gasteiger partial charge in [0.2, 0.25) is 5.91 Å². The summed E-state index contributed by atoms with van der Waals surface area (Å²) in [7, 11) is -3.65. The van der Waals surface area contributed by atoms with Crippen LogP contribution in [0.1, 0.15) is 48.2 Å². The van der Waals surface area contributed by atoms with Crippen molar-refractivity contribution < 1.29 is 36.3 Å². The number of rotatable bonds is 4. The van der Waals surface area contributed by atoms with Crippen LogP contribution in [0.25, 0.3) is 28.4 Å². The number of hydrogen-bond acceptors (Lipinski definition) is 7. The second kappa shape index (κ2) is 13.8. The average Bonchev–Trinajstić information content (AvgIpc) is 3.73. The molecule has 0 saturated carbocycles. The van der Waals surface area contributed by atoms with E-state index in [1.54, 1.807) is 49.5 Å². The van der Waals surface area contributed by atoms with E-state index in [4.69, 9.17) is 9.47 Å². The second-order valence-electron chi connectivity index (χ2n) is 11.3. The third kappa shape index (κ3) is 7.31. The number of H-pyrrole nitrogens is 2. The maximum absolute atomic E-state index is 15.5. The van der Waals surface area contributed by atoms with Gasteiger partial charge < -0.3 is 24.8 Å². The number of esters is 1. The molecule has 48 heavy (non-hydrogen) atoms. The first kappa shape index (κ1) is 32.6. The number of halogens is 2. The molecule has 1 aliphatic rings. The quantitative estimate of drug-likeness (QED) is 0.153. The van der Waals surface area contributed by atoms with Crippen molar-refractivity contribution in [1.82, 2.24) is 20.3 Å². The Kier molecular flexibility index (Phi) is 9.40. The van der Waals surface area contributed by atoms with E-state index < -0.39 is 39.4 Å². The van der Waals surface area contributed by atoms with Crippen LogP contribution in [0.4, 0.5) is 8.78 Å². The van der Waals surface area contributed by atoms with Gasteiger partial charge in [0.1, 0.15) is 17.4 Å². The monoisotopic (exact) mass is 674 g/mol. The molecule has 5 aromatic rings. The maximum atomic E-state index is 15.5. The summed E-state index contributed by atoms with van der Waals surface area (Å²) in [5, 5.41) is 3.54. The van der Waals surface area contributed by atoms with E-state index in [1.807, 2.05) is 0 Å². The van der Waals surface area contributed by atoms with Gasteiger partial charge in [-0.15, -0.1) is 0 Å². The largest absolute Gasteiger partial charge is 0.463 e. The van der Waals surface area contributed by atoms with Crippen LogP contribution in [0.5, 0.6) is 11.5 Å². The molecule has 1 atom stereocenters. The Balaban J connectivity index is 1.42. The Bertz CT molecular complexity index is 2140. The van der Waals surface area contributed by atoms with Crippen molar-refractivity contribution in [3.63, 3.8) is 0 Å². The number of ether oxygens (including phenoxy) is 2. The highest BCUT2D eigenvalue weighted by Crippen LogP contribution is 2.37. The average molecular weight is 675 g/mol. The molecule has 0 aliphatic carbocycles. The summed E-state index contributed by atoms with van der Waals surface area (Å²) in [6, 6.07) is 13.1. The van der Waals surface area contributed by atoms with Crippen LogP contribution in [0.2, 0.25) is 0 Å². The number of hydrogen-bond donors (Lipinski definition) is 3. The topological polar surface area (TPSA) is 143 Å². The Morgan fingerprint density at radius 2 is 1.94 bits per heavy atom. The smallest absolute Gasteiger partial charge is 0.330 e. The van der Waals surface area contributed by atoms with Crippen molar-refractivity contribution in [2.24, 2.45) is 0 Å². The normalized spacial score (nSPS) is 16.8. The van der Waals surface area contributed by atoms with E-state index in [2.05, 4.69) is 20.3 Å². The molecule has 1 unspecified atom stereocenters. The molecule has 6 rings (SSSR count). The van der Waals surface area contributed by atoms with E-state index >= 15 is 8.78 Å². The standard InChI is InChI=1S/C35H32F2N4O6S/c1-2-46-32(43)11-8-21-5-3-6-22(17-21)33-30-20-39-35(40-30)26-18-23(9-10-27(26)36)47-34-25(24-12-14-38-29(24)19-28(34)37)13-16-48(44,45)15-4-7-31(42)41-33/h3,5-6,8-12,14,17-20,33,38H,2,4,7,13,15-16H2,1H3,(H,39,40)(H,41,42)/b11-8+. The number of amides is 1. The van der Waals surface area contributed by atoms with E-state index in [0.717, 1.165) is 0 Å². The molecule has 0 radical (unpaired) electrons. The lowest BCUT2D eigenvalue weighted by Gasteiger charge is -2.19. The summed E-state index contributed by atoms with van der Waals surface area (Å²) < 4.78 is 67.9. The molecule has 1 amide bonds. The molecule has 2 aromatic heterocycles. The molecule has 13 heteroatoms. The number of imidazole rings is 1. The highest BCUT2D eigenvalue weighted by atomic mass is 32.2. The second-order valence-corrected chi connectivity index (χ2v) is 13.6. The Morgan fingerprint density at radius 1 is 1.08 bits per heavy atom. The fourth-order valence-electron chi connectivity index (χ4n) is 5.65. The van der Waals surface area contributed by atoms with Crippen molar-refractivity contribution >= 4 is 38.7 Å². The molecule has 0 spiro atoms. The highest BCUT2D eigenvalue weighted by molar-refractivity contribution is 7.91. The Labute approximate surface area is 275 Å². The van der Waals surface area contributed by atoms with Crippen molar-refractivity contribution in [3.8, 4) is 22.9 Å². The van der Waals surface area contributed by atoms with Gasteiger partial charge in [0, 0.05) is 41.2 Å². The zero-order valence-electron chi connectivity index (χ0n) is 25.9. The van der Waals surface area contributed by atoms with Gasteiger partial charge >= 0.3 is 5.97 Å². The van der Waals surface area contributed by atoms with Crippen molar-refractivity contribution in [3.05, 3.63) is 107 Å². The van der Waals surface area contributed by atoms with Gasteiger partial charge in [-0.1, -0.05) is 18.2 Å². The minimum atomic E-state index is -3.65. The van der Waals surface area contributed by atoms with Crippen LogP contribution >= 0.6 is 0 Å². The lowest BCUT2D eigenvalue weighted by Crippen LogP contribution is -2.30. The molecule has 3 heterocycles. The number of fused-ring (bicyclic) bond motifs is 8. The van der Waals surface area contributed by atoms with E-state index in [0.29, 0.717) is 33.3 Å². The number of aromatic amines is 2. The molecule has 3 aromatic carbocycles. The van der Waals surface area contributed by atoms with Crippen molar-refractivity contribution in [2.75, 3.05) is 18.1 Å². The van der Waals surface area contributed by atoms with Crippen LogP contribution in [0.3, 0.4) is 0 Å². The predicted octanol–water partition coefficient (Wildman–Crippen LogP) is 6.16. The first-order chi connectivity index (χ1) is 23.1. The van der Waals surface area contributed by atoms with Gasteiger partial charge in [-0.25, -0.2) is 27.0 Å². The fraction of sp³-hybridized carbons (Fsp3) is 0.229. The summed E-state index contributed by atoms with van der Waals surface area (Å²) in [5.74, 6) is -2.72. The third-order valence-electron chi connectivity index (χ3n) is 7.96. The van der Waals surface area contributed by atoms with Crippen LogP contribution in [0, 0.1) is 11.6 Å².